The van der Waals surface area contributed by atoms with E-state index in [2.05, 4.69) is 32.0 Å². The second-order valence-corrected chi connectivity index (χ2v) is 6.34. The Morgan fingerprint density at radius 2 is 2.25 bits per heavy atom. The number of rotatable bonds is 9. The van der Waals surface area contributed by atoms with Crippen LogP contribution >= 0.6 is 11.3 Å². The van der Waals surface area contributed by atoms with Crippen LogP contribution in [0.15, 0.2) is 16.7 Å². The number of nitrogens with zero attached hydrogens (tertiary/aromatic N) is 4. The number of aryl methyl sites for hydroxylation is 1. The molecule has 130 valence electrons. The predicted octanol–water partition coefficient (Wildman–Crippen LogP) is 2.15. The van der Waals surface area contributed by atoms with E-state index in [0.29, 0.717) is 31.2 Å². The molecule has 0 aliphatic rings. The first-order valence-electron chi connectivity index (χ1n) is 8.15. The Morgan fingerprint density at radius 1 is 1.42 bits per heavy atom. The van der Waals surface area contributed by atoms with E-state index in [-0.39, 0.29) is 6.61 Å². The molecule has 0 fully saturated rings. The van der Waals surface area contributed by atoms with Gasteiger partial charge in [0.25, 0.3) is 0 Å². The van der Waals surface area contributed by atoms with Gasteiger partial charge in [0.1, 0.15) is 5.82 Å². The van der Waals surface area contributed by atoms with Crippen LogP contribution in [0.5, 0.6) is 0 Å². The molecule has 2 heterocycles. The summed E-state index contributed by atoms with van der Waals surface area (Å²) in [7, 11) is 0. The van der Waals surface area contributed by atoms with Crippen molar-refractivity contribution in [1.82, 2.24) is 9.97 Å². The molecule has 2 aromatic rings. The molecular weight excluding hydrogens is 324 g/mol. The maximum absolute atomic E-state index is 9.12. The zero-order valence-corrected chi connectivity index (χ0v) is 15.3. The first-order valence-corrected chi connectivity index (χ1v) is 9.03. The van der Waals surface area contributed by atoms with Crippen molar-refractivity contribution < 1.29 is 14.4 Å². The van der Waals surface area contributed by atoms with Crippen molar-refractivity contribution in [3.8, 4) is 0 Å². The van der Waals surface area contributed by atoms with E-state index in [9.17, 15) is 0 Å². The van der Waals surface area contributed by atoms with Crippen molar-refractivity contribution in [3.63, 3.8) is 0 Å². The molecule has 24 heavy (non-hydrogen) atoms. The molecule has 6 nitrogen and oxygen atoms in total. The lowest BCUT2D eigenvalue weighted by atomic mass is 10.2. The van der Waals surface area contributed by atoms with Crippen LogP contribution in [0.4, 0.5) is 5.82 Å². The van der Waals surface area contributed by atoms with Gasteiger partial charge in [-0.3, -0.25) is 0 Å². The fourth-order valence-electron chi connectivity index (χ4n) is 2.27. The number of aromatic nitrogens is 3. The quantitative estimate of drug-likeness (QED) is 0.428. The van der Waals surface area contributed by atoms with Crippen LogP contribution in [-0.2, 0) is 17.7 Å². The molecule has 0 radical (unpaired) electrons. The normalized spacial score (nSPS) is 11.5. The molecule has 0 amide bonds. The Hall–Kier alpha value is -1.70. The van der Waals surface area contributed by atoms with E-state index in [1.54, 1.807) is 11.3 Å². The van der Waals surface area contributed by atoms with Crippen LogP contribution < -0.4 is 4.57 Å². The summed E-state index contributed by atoms with van der Waals surface area (Å²) in [6.45, 7) is 8.15. The van der Waals surface area contributed by atoms with Crippen molar-refractivity contribution in [2.75, 3.05) is 19.8 Å². The van der Waals surface area contributed by atoms with Crippen molar-refractivity contribution >= 4 is 23.4 Å². The first kappa shape index (κ1) is 18.6. The first-order chi connectivity index (χ1) is 11.7. The van der Waals surface area contributed by atoms with Gasteiger partial charge in [-0.1, -0.05) is 11.3 Å². The summed E-state index contributed by atoms with van der Waals surface area (Å²) in [6.07, 6.45) is 5.15. The summed E-state index contributed by atoms with van der Waals surface area (Å²) in [6, 6.07) is 0. The summed E-state index contributed by atoms with van der Waals surface area (Å²) in [5, 5.41) is 9.12. The van der Waals surface area contributed by atoms with Crippen LogP contribution in [0, 0.1) is 13.8 Å². The summed E-state index contributed by atoms with van der Waals surface area (Å²) >= 11 is 1.66. The van der Waals surface area contributed by atoms with Gasteiger partial charge in [-0.05, 0) is 13.8 Å². The molecule has 1 N–H and O–H groups in total. The second-order valence-electron chi connectivity index (χ2n) is 5.40. The third-order valence-corrected chi connectivity index (χ3v) is 4.75. The Morgan fingerprint density at radius 3 is 3.00 bits per heavy atom. The van der Waals surface area contributed by atoms with E-state index >= 15 is 0 Å². The van der Waals surface area contributed by atoms with Gasteiger partial charge in [0.2, 0.25) is 5.51 Å². The molecule has 7 heteroatoms. The lowest BCUT2D eigenvalue weighted by Crippen LogP contribution is -2.35. The van der Waals surface area contributed by atoms with E-state index in [1.165, 1.54) is 10.6 Å². The maximum Gasteiger partial charge on any atom is 0.225 e. The number of aliphatic hydroxyl groups excluding tert-OH is 1. The fraction of sp³-hybridized carbons (Fsp3) is 0.529. The van der Waals surface area contributed by atoms with Gasteiger partial charge in [0.05, 0.1) is 17.0 Å². The zero-order chi connectivity index (χ0) is 17.4. The smallest absolute Gasteiger partial charge is 0.225 e. The maximum atomic E-state index is 9.12. The topological polar surface area (TPSA) is 71.5 Å². The molecule has 0 saturated heterocycles. The molecule has 0 saturated carbocycles. The van der Waals surface area contributed by atoms with Gasteiger partial charge in [-0.2, -0.15) is 4.57 Å². The highest BCUT2D eigenvalue weighted by Gasteiger charge is 2.17. The van der Waals surface area contributed by atoms with Gasteiger partial charge in [-0.15, -0.1) is 0 Å². The Bertz CT molecular complexity index is 685. The average molecular weight is 349 g/mol. The Kier molecular flexibility index (Phi) is 7.42. The molecule has 0 aliphatic heterocycles. The van der Waals surface area contributed by atoms with Crippen LogP contribution in [-0.4, -0.2) is 41.1 Å². The number of hydrogen-bond donors (Lipinski definition) is 1. The zero-order valence-electron chi connectivity index (χ0n) is 14.5. The number of aliphatic hydroxyl groups is 1. The summed E-state index contributed by atoms with van der Waals surface area (Å²) in [5.41, 5.74) is 4.22. The molecule has 0 aliphatic carbocycles. The van der Waals surface area contributed by atoms with Gasteiger partial charge >= 0.3 is 0 Å². The largest absolute Gasteiger partial charge is 0.396 e. The Labute approximate surface area is 146 Å². The van der Waals surface area contributed by atoms with Gasteiger partial charge in [0.15, 0.2) is 18.1 Å². The molecule has 0 aromatic carbocycles. The van der Waals surface area contributed by atoms with Crippen molar-refractivity contribution in [2.24, 2.45) is 4.99 Å². The second kappa shape index (κ2) is 9.56. The summed E-state index contributed by atoms with van der Waals surface area (Å²) < 4.78 is 7.47. The SMILES string of the molecule is CCOCCC=Nc1nc(C)ncc1C[n+]1csc(CCO)c1C. The van der Waals surface area contributed by atoms with Crippen LogP contribution in [0.3, 0.4) is 0 Å². The third kappa shape index (κ3) is 5.15. The molecule has 0 spiro atoms. The summed E-state index contributed by atoms with van der Waals surface area (Å²) in [5.74, 6) is 1.42. The lowest BCUT2D eigenvalue weighted by Gasteiger charge is -2.03. The van der Waals surface area contributed by atoms with E-state index in [0.717, 1.165) is 18.6 Å². The molecule has 0 atom stereocenters. The fourth-order valence-corrected chi connectivity index (χ4v) is 3.25. The Balaban J connectivity index is 2.15. The third-order valence-electron chi connectivity index (χ3n) is 3.61. The number of ether oxygens (including phenoxy) is 1. The molecule has 2 rings (SSSR count). The predicted molar refractivity (Wildman–Crippen MR) is 95.2 cm³/mol. The molecule has 0 unspecified atom stereocenters. The molecule has 2 aromatic heterocycles. The minimum atomic E-state index is 0.171. The van der Waals surface area contributed by atoms with Gasteiger partial charge in [-0.25, -0.2) is 15.0 Å². The van der Waals surface area contributed by atoms with Crippen molar-refractivity contribution in [2.45, 2.75) is 40.2 Å². The highest BCUT2D eigenvalue weighted by Crippen LogP contribution is 2.17. The number of aliphatic imine (C=N–C) groups is 1. The van der Waals surface area contributed by atoms with E-state index in [4.69, 9.17) is 9.84 Å². The lowest BCUT2D eigenvalue weighted by molar-refractivity contribution is -0.689. The number of thiazole rings is 1. The van der Waals surface area contributed by atoms with Crippen molar-refractivity contribution in [3.05, 3.63) is 33.7 Å². The monoisotopic (exact) mass is 349 g/mol. The van der Waals surface area contributed by atoms with Crippen molar-refractivity contribution in [1.29, 1.82) is 0 Å². The number of hydrogen-bond acceptors (Lipinski definition) is 6. The van der Waals surface area contributed by atoms with Crippen LogP contribution in [0.25, 0.3) is 0 Å². The minimum Gasteiger partial charge on any atom is -0.396 e. The highest BCUT2D eigenvalue weighted by atomic mass is 32.1. The standard InChI is InChI=1S/C17H25N4O2S/c1-4-23-9-5-7-18-17-15(10-19-14(3)20-17)11-21-12-24-16(6-8-22)13(21)2/h7,10,12,22H,4-6,8-9,11H2,1-3H3/q+1. The molecule has 0 bridgehead atoms. The van der Waals surface area contributed by atoms with E-state index < -0.39 is 0 Å². The van der Waals surface area contributed by atoms with E-state index in [1.807, 2.05) is 26.3 Å². The highest BCUT2D eigenvalue weighted by molar-refractivity contribution is 7.09. The van der Waals surface area contributed by atoms with Crippen LogP contribution in [0.2, 0.25) is 0 Å². The van der Waals surface area contributed by atoms with Gasteiger partial charge < -0.3 is 9.84 Å². The molecular formula is C17H25N4O2S+. The van der Waals surface area contributed by atoms with Gasteiger partial charge in [0, 0.05) is 45.4 Å². The average Bonchev–Trinajstić information content (AvgIpc) is 2.90. The minimum absolute atomic E-state index is 0.171. The summed E-state index contributed by atoms with van der Waals surface area (Å²) in [4.78, 5) is 14.5. The van der Waals surface area contributed by atoms with Crippen LogP contribution in [0.1, 0.15) is 35.3 Å².